The van der Waals surface area contributed by atoms with Gasteiger partial charge in [-0.2, -0.15) is 0 Å². The monoisotopic (exact) mass is 479 g/mol. The van der Waals surface area contributed by atoms with Crippen LogP contribution in [-0.2, 0) is 6.42 Å². The largest absolute Gasteiger partial charge is 0.256 e. The molecule has 1 heterocycles. The quantitative estimate of drug-likeness (QED) is 0.218. The Morgan fingerprint density at radius 2 is 1.40 bits per heavy atom. The third-order valence-electron chi connectivity index (χ3n) is 8.20. The maximum atomic E-state index is 14.9. The molecular weight excluding hydrogens is 429 g/mol. The predicted octanol–water partition coefficient (Wildman–Crippen LogP) is 10.8. The van der Waals surface area contributed by atoms with E-state index >= 15 is 0 Å². The minimum absolute atomic E-state index is 0.134. The second-order valence-corrected chi connectivity index (χ2v) is 11.1. The van der Waals surface area contributed by atoms with E-state index in [9.17, 15) is 4.39 Å². The van der Waals surface area contributed by atoms with Crippen LogP contribution >= 0.6 is 0 Å². The molecule has 0 amide bonds. The highest BCUT2D eigenvalue weighted by atomic mass is 19.1. The van der Waals surface area contributed by atoms with E-state index in [1.807, 2.05) is 18.3 Å². The Balaban J connectivity index is 1.42. The van der Waals surface area contributed by atoms with Gasteiger partial charge in [0.1, 0.15) is 5.82 Å². The summed E-state index contributed by atoms with van der Waals surface area (Å²) in [4.78, 5) is 4.68. The van der Waals surface area contributed by atoms with Crippen molar-refractivity contribution in [3.8, 4) is 11.3 Å². The van der Waals surface area contributed by atoms with E-state index in [0.29, 0.717) is 11.5 Å². The molecule has 0 saturated heterocycles. The van der Waals surface area contributed by atoms with Crippen LogP contribution in [0.4, 0.5) is 4.39 Å². The number of benzene rings is 1. The van der Waals surface area contributed by atoms with Crippen molar-refractivity contribution in [2.24, 2.45) is 5.92 Å². The van der Waals surface area contributed by atoms with Gasteiger partial charge < -0.3 is 0 Å². The van der Waals surface area contributed by atoms with Crippen molar-refractivity contribution < 1.29 is 4.39 Å². The van der Waals surface area contributed by atoms with Crippen molar-refractivity contribution in [2.45, 2.75) is 135 Å². The van der Waals surface area contributed by atoms with Gasteiger partial charge >= 0.3 is 0 Å². The molecule has 194 valence electrons. The highest BCUT2D eigenvalue weighted by Gasteiger charge is 2.22. The van der Waals surface area contributed by atoms with Gasteiger partial charge in [-0.05, 0) is 79.7 Å². The summed E-state index contributed by atoms with van der Waals surface area (Å²) in [5, 5.41) is 0. The van der Waals surface area contributed by atoms with Crippen molar-refractivity contribution in [1.82, 2.24) is 4.98 Å². The Kier molecular flexibility index (Phi) is 12.8. The Morgan fingerprint density at radius 1 is 0.743 bits per heavy atom. The second kappa shape index (κ2) is 16.1. The fourth-order valence-corrected chi connectivity index (χ4v) is 5.84. The summed E-state index contributed by atoms with van der Waals surface area (Å²) in [6.45, 7) is 4.54. The van der Waals surface area contributed by atoms with Gasteiger partial charge in [-0.15, -0.1) is 0 Å². The number of aromatic nitrogens is 1. The van der Waals surface area contributed by atoms with Crippen LogP contribution in [0.5, 0.6) is 0 Å². The predicted molar refractivity (Wildman–Crippen MR) is 149 cm³/mol. The third-order valence-corrected chi connectivity index (χ3v) is 8.20. The van der Waals surface area contributed by atoms with Gasteiger partial charge in [-0.1, -0.05) is 103 Å². The summed E-state index contributed by atoms with van der Waals surface area (Å²) in [7, 11) is 0. The molecule has 0 unspecified atom stereocenters. The standard InChI is InChI=1S/C33H50FN/c1-3-5-7-9-10-12-14-16-28-19-23-31(32(34)25-28)33-24-22-30(26-35-33)29-20-17-27(18-21-29)15-13-11-8-6-4-2/h19,22-27,29H,3-18,20-21H2,1-2H3. The number of hydrogen-bond donors (Lipinski definition) is 0. The van der Waals surface area contributed by atoms with E-state index in [1.54, 1.807) is 6.07 Å². The number of pyridine rings is 1. The van der Waals surface area contributed by atoms with Crippen LogP contribution in [0.3, 0.4) is 0 Å². The lowest BCUT2D eigenvalue weighted by atomic mass is 9.77. The summed E-state index contributed by atoms with van der Waals surface area (Å²) >= 11 is 0. The van der Waals surface area contributed by atoms with Crippen LogP contribution in [0.2, 0.25) is 0 Å². The molecule has 1 aromatic heterocycles. The number of hydrogen-bond acceptors (Lipinski definition) is 1. The van der Waals surface area contributed by atoms with Gasteiger partial charge in [-0.3, -0.25) is 4.98 Å². The zero-order valence-electron chi connectivity index (χ0n) is 22.7. The molecule has 1 nitrogen and oxygen atoms in total. The highest BCUT2D eigenvalue weighted by molar-refractivity contribution is 5.60. The molecule has 2 heteroatoms. The maximum absolute atomic E-state index is 14.9. The first-order valence-electron chi connectivity index (χ1n) is 15.0. The summed E-state index contributed by atoms with van der Waals surface area (Å²) in [5.41, 5.74) is 3.84. The average Bonchev–Trinajstić information content (AvgIpc) is 2.89. The Morgan fingerprint density at radius 3 is 2.03 bits per heavy atom. The molecule has 1 aliphatic carbocycles. The van der Waals surface area contributed by atoms with Crippen molar-refractivity contribution in [2.75, 3.05) is 0 Å². The number of nitrogens with zero attached hydrogens (tertiary/aromatic N) is 1. The SMILES string of the molecule is CCCCCCCCCc1ccc(-c2ccc(C3CCC(CCCCCCC)CC3)cn2)c(F)c1. The van der Waals surface area contributed by atoms with E-state index in [2.05, 4.69) is 31.0 Å². The van der Waals surface area contributed by atoms with Gasteiger partial charge in [0.25, 0.3) is 0 Å². The smallest absolute Gasteiger partial charge is 0.132 e. The van der Waals surface area contributed by atoms with E-state index in [-0.39, 0.29) is 5.82 Å². The summed E-state index contributed by atoms with van der Waals surface area (Å²) in [6, 6.07) is 9.98. The lowest BCUT2D eigenvalue weighted by Crippen LogP contribution is -2.13. The number of rotatable bonds is 16. The Labute approximate surface area is 215 Å². The normalized spacial score (nSPS) is 18.1. The first kappa shape index (κ1) is 27.9. The number of unbranched alkanes of at least 4 members (excludes halogenated alkanes) is 10. The van der Waals surface area contributed by atoms with Crippen molar-refractivity contribution >= 4 is 0 Å². The zero-order valence-corrected chi connectivity index (χ0v) is 22.7. The van der Waals surface area contributed by atoms with Crippen LogP contribution in [0.25, 0.3) is 11.3 Å². The topological polar surface area (TPSA) is 12.9 Å². The van der Waals surface area contributed by atoms with Crippen molar-refractivity contribution in [1.29, 1.82) is 0 Å². The molecule has 0 bridgehead atoms. The van der Waals surface area contributed by atoms with Gasteiger partial charge in [-0.25, -0.2) is 4.39 Å². The van der Waals surface area contributed by atoms with Gasteiger partial charge in [0.15, 0.2) is 0 Å². The van der Waals surface area contributed by atoms with E-state index in [1.165, 1.54) is 108 Å². The fraction of sp³-hybridized carbons (Fsp3) is 0.667. The molecule has 0 N–H and O–H groups in total. The molecule has 0 radical (unpaired) electrons. The number of halogens is 1. The number of aryl methyl sites for hydroxylation is 1. The van der Waals surface area contributed by atoms with Gasteiger partial charge in [0, 0.05) is 11.8 Å². The van der Waals surface area contributed by atoms with Crippen LogP contribution in [0.1, 0.15) is 140 Å². The minimum Gasteiger partial charge on any atom is -0.256 e. The van der Waals surface area contributed by atoms with Gasteiger partial charge in [0.05, 0.1) is 5.69 Å². The van der Waals surface area contributed by atoms with Crippen LogP contribution in [-0.4, -0.2) is 4.98 Å². The summed E-state index contributed by atoms with van der Waals surface area (Å²) < 4.78 is 14.9. The van der Waals surface area contributed by atoms with E-state index < -0.39 is 0 Å². The van der Waals surface area contributed by atoms with Gasteiger partial charge in [0.2, 0.25) is 0 Å². The molecule has 1 saturated carbocycles. The molecule has 1 fully saturated rings. The molecule has 3 rings (SSSR count). The fourth-order valence-electron chi connectivity index (χ4n) is 5.84. The summed E-state index contributed by atoms with van der Waals surface area (Å²) in [5.74, 6) is 1.42. The van der Waals surface area contributed by atoms with Crippen molar-refractivity contribution in [3.63, 3.8) is 0 Å². The van der Waals surface area contributed by atoms with E-state index in [0.717, 1.165) is 30.0 Å². The first-order chi connectivity index (χ1) is 17.2. The molecule has 0 spiro atoms. The van der Waals surface area contributed by atoms with Crippen molar-refractivity contribution in [3.05, 3.63) is 53.5 Å². The third kappa shape index (κ3) is 9.70. The molecule has 0 aliphatic heterocycles. The average molecular weight is 480 g/mol. The minimum atomic E-state index is -0.134. The Bertz CT molecular complexity index is 819. The van der Waals surface area contributed by atoms with Crippen LogP contribution < -0.4 is 0 Å². The Hall–Kier alpha value is -1.70. The molecule has 1 aromatic carbocycles. The highest BCUT2D eigenvalue weighted by Crippen LogP contribution is 2.38. The zero-order chi connectivity index (χ0) is 24.7. The molecule has 0 atom stereocenters. The molecule has 35 heavy (non-hydrogen) atoms. The maximum Gasteiger partial charge on any atom is 0.132 e. The lowest BCUT2D eigenvalue weighted by molar-refractivity contribution is 0.301. The molecule has 2 aromatic rings. The first-order valence-corrected chi connectivity index (χ1v) is 15.0. The molecule has 1 aliphatic rings. The van der Waals surface area contributed by atoms with Crippen LogP contribution in [0, 0.1) is 11.7 Å². The van der Waals surface area contributed by atoms with E-state index in [4.69, 9.17) is 0 Å². The second-order valence-electron chi connectivity index (χ2n) is 11.1. The molecular formula is C33H50FN. The lowest BCUT2D eigenvalue weighted by Gasteiger charge is -2.28. The van der Waals surface area contributed by atoms with Crippen LogP contribution in [0.15, 0.2) is 36.5 Å². The summed E-state index contributed by atoms with van der Waals surface area (Å²) in [6.07, 6.45) is 25.7.